The van der Waals surface area contributed by atoms with E-state index in [2.05, 4.69) is 22.1 Å². The van der Waals surface area contributed by atoms with Gasteiger partial charge >= 0.3 is 0 Å². The number of nitrogens with one attached hydrogen (secondary N) is 2. The Balaban J connectivity index is 2.03. The van der Waals surface area contributed by atoms with Crippen molar-refractivity contribution >= 4 is 15.7 Å². The highest BCUT2D eigenvalue weighted by Crippen LogP contribution is 2.19. The van der Waals surface area contributed by atoms with E-state index in [-0.39, 0.29) is 5.94 Å². The van der Waals surface area contributed by atoms with Gasteiger partial charge in [0.1, 0.15) is 0 Å². The quantitative estimate of drug-likeness (QED) is 0.745. The number of aromatic nitrogens is 2. The molecule has 8 heteroatoms. The molecule has 0 radical (unpaired) electrons. The van der Waals surface area contributed by atoms with Crippen LogP contribution < -0.4 is 10.0 Å². The molecule has 0 spiro atoms. The zero-order chi connectivity index (χ0) is 13.9. The van der Waals surface area contributed by atoms with E-state index >= 15 is 0 Å². The molecule has 0 aromatic carbocycles. The van der Waals surface area contributed by atoms with Crippen LogP contribution in [0.4, 0.5) is 5.69 Å². The molecule has 0 amide bonds. The van der Waals surface area contributed by atoms with Gasteiger partial charge in [-0.15, -0.1) is 0 Å². The summed E-state index contributed by atoms with van der Waals surface area (Å²) in [6.07, 6.45) is 2.34. The van der Waals surface area contributed by atoms with Crippen LogP contribution in [-0.2, 0) is 27.8 Å². The van der Waals surface area contributed by atoms with E-state index in [1.807, 2.05) is 11.6 Å². The molecule has 2 heterocycles. The summed E-state index contributed by atoms with van der Waals surface area (Å²) < 4.78 is 33.1. The predicted molar refractivity (Wildman–Crippen MR) is 72.2 cm³/mol. The fourth-order valence-corrected chi connectivity index (χ4v) is 2.85. The van der Waals surface area contributed by atoms with Crippen LogP contribution in [0.1, 0.15) is 26.0 Å². The average Bonchev–Trinajstić information content (AvgIpc) is 2.71. The van der Waals surface area contributed by atoms with Gasteiger partial charge in [-0.25, -0.2) is 8.42 Å². The maximum absolute atomic E-state index is 11.8. The lowest BCUT2D eigenvalue weighted by Gasteiger charge is -2.22. The predicted octanol–water partition coefficient (Wildman–Crippen LogP) is 0.501. The Bertz CT molecular complexity index is 526. The molecular formula is C11H20N4O3S. The first kappa shape index (κ1) is 14.3. The minimum absolute atomic E-state index is 0.324. The zero-order valence-corrected chi connectivity index (χ0v) is 12.0. The van der Waals surface area contributed by atoms with Crippen LogP contribution in [0.15, 0.2) is 6.20 Å². The van der Waals surface area contributed by atoms with Crippen molar-refractivity contribution in [3.8, 4) is 0 Å². The number of nitrogens with zero attached hydrogens (tertiary/aromatic N) is 2. The second-order valence-corrected chi connectivity index (χ2v) is 6.38. The largest absolute Gasteiger partial charge is 0.364 e. The van der Waals surface area contributed by atoms with Crippen molar-refractivity contribution in [2.45, 2.75) is 39.4 Å². The van der Waals surface area contributed by atoms with Crippen LogP contribution in [-0.4, -0.2) is 36.8 Å². The third-order valence-electron chi connectivity index (χ3n) is 2.87. The van der Waals surface area contributed by atoms with E-state index in [0.29, 0.717) is 24.9 Å². The van der Waals surface area contributed by atoms with Gasteiger partial charge in [0.25, 0.3) is 10.0 Å². The highest BCUT2D eigenvalue weighted by molar-refractivity contribution is 7.92. The minimum Gasteiger partial charge on any atom is -0.364 e. The molecule has 0 aliphatic carbocycles. The Morgan fingerprint density at radius 3 is 3.16 bits per heavy atom. The molecule has 0 fully saturated rings. The molecule has 1 aliphatic heterocycles. The maximum Gasteiger partial charge on any atom is 0.257 e. The standard InChI is InChI=1S/C11H20N4O3S/c1-3-4-18-8-19(16,17)14-10-5-13-15-7-9(2)12-6-11(10)15/h5,9,12,14H,3-4,6-8H2,1-2H3/t9-/m0/s1. The Kier molecular flexibility index (Phi) is 4.43. The molecular weight excluding hydrogens is 268 g/mol. The fourth-order valence-electron chi connectivity index (χ4n) is 1.94. The van der Waals surface area contributed by atoms with Crippen molar-refractivity contribution in [1.29, 1.82) is 0 Å². The first-order valence-corrected chi connectivity index (χ1v) is 8.03. The molecule has 0 unspecified atom stereocenters. The van der Waals surface area contributed by atoms with Gasteiger partial charge in [0.2, 0.25) is 0 Å². The average molecular weight is 288 g/mol. The molecule has 1 aromatic heterocycles. The number of rotatable bonds is 6. The fraction of sp³-hybridized carbons (Fsp3) is 0.727. The molecule has 1 aromatic rings. The molecule has 1 aliphatic rings. The van der Waals surface area contributed by atoms with Gasteiger partial charge in [-0.05, 0) is 13.3 Å². The lowest BCUT2D eigenvalue weighted by atomic mass is 10.2. The van der Waals surface area contributed by atoms with Gasteiger partial charge in [0.05, 0.1) is 24.1 Å². The summed E-state index contributed by atoms with van der Waals surface area (Å²) in [5, 5.41) is 7.47. The van der Waals surface area contributed by atoms with E-state index in [0.717, 1.165) is 18.7 Å². The summed E-state index contributed by atoms with van der Waals surface area (Å²) >= 11 is 0. The molecule has 0 saturated heterocycles. The van der Waals surface area contributed by atoms with Crippen molar-refractivity contribution in [2.24, 2.45) is 0 Å². The van der Waals surface area contributed by atoms with E-state index in [9.17, 15) is 8.42 Å². The highest BCUT2D eigenvalue weighted by Gasteiger charge is 2.21. The lowest BCUT2D eigenvalue weighted by Crippen LogP contribution is -2.37. The molecule has 108 valence electrons. The van der Waals surface area contributed by atoms with Crippen molar-refractivity contribution in [3.63, 3.8) is 0 Å². The minimum atomic E-state index is -3.48. The highest BCUT2D eigenvalue weighted by atomic mass is 32.2. The number of fused-ring (bicyclic) bond motifs is 1. The Hall–Kier alpha value is -1.12. The molecule has 1 atom stereocenters. The van der Waals surface area contributed by atoms with E-state index in [1.165, 1.54) is 0 Å². The van der Waals surface area contributed by atoms with Crippen molar-refractivity contribution in [1.82, 2.24) is 15.1 Å². The van der Waals surface area contributed by atoms with Crippen LogP contribution in [0.2, 0.25) is 0 Å². The van der Waals surface area contributed by atoms with Crippen LogP contribution in [0.3, 0.4) is 0 Å². The molecule has 2 N–H and O–H groups in total. The Morgan fingerprint density at radius 2 is 2.42 bits per heavy atom. The first-order chi connectivity index (χ1) is 9.02. The van der Waals surface area contributed by atoms with E-state index in [4.69, 9.17) is 4.74 Å². The summed E-state index contributed by atoms with van der Waals surface area (Å²) in [5.74, 6) is -0.324. The second kappa shape index (κ2) is 5.89. The van der Waals surface area contributed by atoms with Gasteiger partial charge in [-0.3, -0.25) is 9.40 Å². The van der Waals surface area contributed by atoms with Gasteiger partial charge in [0, 0.05) is 19.2 Å². The van der Waals surface area contributed by atoms with Gasteiger partial charge in [-0.1, -0.05) is 6.92 Å². The number of ether oxygens (including phenoxy) is 1. The Labute approximate surface area is 113 Å². The van der Waals surface area contributed by atoms with Crippen LogP contribution >= 0.6 is 0 Å². The van der Waals surface area contributed by atoms with Crippen LogP contribution in [0, 0.1) is 0 Å². The maximum atomic E-state index is 11.8. The Morgan fingerprint density at radius 1 is 1.63 bits per heavy atom. The summed E-state index contributed by atoms with van der Waals surface area (Å²) in [5.41, 5.74) is 1.39. The monoisotopic (exact) mass is 288 g/mol. The van der Waals surface area contributed by atoms with Crippen molar-refractivity contribution in [2.75, 3.05) is 17.3 Å². The summed E-state index contributed by atoms with van der Waals surface area (Å²) in [6.45, 7) is 5.78. The molecule has 0 saturated carbocycles. The number of hydrogen-bond donors (Lipinski definition) is 2. The first-order valence-electron chi connectivity index (χ1n) is 6.38. The lowest BCUT2D eigenvalue weighted by molar-refractivity contribution is 0.177. The van der Waals surface area contributed by atoms with Crippen LogP contribution in [0.5, 0.6) is 0 Å². The molecule has 7 nitrogen and oxygen atoms in total. The topological polar surface area (TPSA) is 85.2 Å². The van der Waals surface area contributed by atoms with Crippen LogP contribution in [0.25, 0.3) is 0 Å². The van der Waals surface area contributed by atoms with Crippen molar-refractivity contribution < 1.29 is 13.2 Å². The molecule has 19 heavy (non-hydrogen) atoms. The summed E-state index contributed by atoms with van der Waals surface area (Å²) in [6, 6.07) is 0.338. The van der Waals surface area contributed by atoms with E-state index < -0.39 is 10.0 Å². The molecule has 0 bridgehead atoms. The summed E-state index contributed by atoms with van der Waals surface area (Å²) in [7, 11) is -3.48. The smallest absolute Gasteiger partial charge is 0.257 e. The second-order valence-electron chi connectivity index (χ2n) is 4.71. The van der Waals surface area contributed by atoms with Gasteiger partial charge in [-0.2, -0.15) is 5.10 Å². The third kappa shape index (κ3) is 3.68. The summed E-state index contributed by atoms with van der Waals surface area (Å²) in [4.78, 5) is 0. The van der Waals surface area contributed by atoms with Gasteiger partial charge in [0.15, 0.2) is 5.94 Å². The van der Waals surface area contributed by atoms with Crippen molar-refractivity contribution in [3.05, 3.63) is 11.9 Å². The normalized spacial score (nSPS) is 19.2. The molecule has 2 rings (SSSR count). The number of hydrogen-bond acceptors (Lipinski definition) is 5. The number of sulfonamides is 1. The zero-order valence-electron chi connectivity index (χ0n) is 11.2. The SMILES string of the molecule is CCCOCS(=O)(=O)Nc1cnn2c1CN[C@@H](C)C2. The third-order valence-corrected chi connectivity index (χ3v) is 3.87. The number of anilines is 1. The van der Waals surface area contributed by atoms with Gasteiger partial charge < -0.3 is 10.1 Å². The van der Waals surface area contributed by atoms with E-state index in [1.54, 1.807) is 6.20 Å².